The number of halogens is 4. The highest BCUT2D eigenvalue weighted by molar-refractivity contribution is 7.14. The molecule has 114 valence electrons. The lowest BCUT2D eigenvalue weighted by Gasteiger charge is -2.00. The fourth-order valence-electron chi connectivity index (χ4n) is 1.30. The van der Waals surface area contributed by atoms with Crippen molar-refractivity contribution in [1.29, 1.82) is 0 Å². The van der Waals surface area contributed by atoms with Crippen LogP contribution >= 0.6 is 22.9 Å². The van der Waals surface area contributed by atoms with Gasteiger partial charge in [-0.25, -0.2) is 4.98 Å². The number of thiazole rings is 1. The van der Waals surface area contributed by atoms with Crippen LogP contribution in [0.15, 0.2) is 29.8 Å². The maximum absolute atomic E-state index is 11.0. The predicted molar refractivity (Wildman–Crippen MR) is 77.7 cm³/mol. The molecule has 0 saturated heterocycles. The smallest absolute Gasteiger partial charge is 0.330 e. The molecule has 21 heavy (non-hydrogen) atoms. The van der Waals surface area contributed by atoms with Gasteiger partial charge in [-0.1, -0.05) is 35.9 Å². The Morgan fingerprint density at radius 2 is 1.90 bits per heavy atom. The van der Waals surface area contributed by atoms with Crippen LogP contribution in [0.25, 0.3) is 11.3 Å². The zero-order valence-corrected chi connectivity index (χ0v) is 12.3. The molecule has 0 spiro atoms. The number of carbonyl (C=O) groups is 1. The highest BCUT2D eigenvalue weighted by Crippen LogP contribution is 2.29. The van der Waals surface area contributed by atoms with Crippen molar-refractivity contribution in [3.05, 3.63) is 39.7 Å². The Bertz CT molecular complexity index is 570. The maximum Gasteiger partial charge on any atom is 0.390 e. The van der Waals surface area contributed by atoms with Gasteiger partial charge >= 0.3 is 6.18 Å². The van der Waals surface area contributed by atoms with E-state index < -0.39 is 12.6 Å². The summed E-state index contributed by atoms with van der Waals surface area (Å²) in [5.74, 6) is 0. The predicted octanol–water partition coefficient (Wildman–Crippen LogP) is 4.17. The molecule has 0 aliphatic carbocycles. The Balaban J connectivity index is 0.000000270. The van der Waals surface area contributed by atoms with Crippen LogP contribution in [0.1, 0.15) is 16.8 Å². The molecule has 0 aliphatic rings. The normalized spacial score (nSPS) is 10.7. The van der Waals surface area contributed by atoms with E-state index >= 15 is 0 Å². The van der Waals surface area contributed by atoms with Gasteiger partial charge in [0.05, 0.1) is 17.6 Å². The second-order valence-electron chi connectivity index (χ2n) is 3.87. The molecule has 1 heterocycles. The Morgan fingerprint density at radius 1 is 1.29 bits per heavy atom. The van der Waals surface area contributed by atoms with Crippen LogP contribution in [-0.4, -0.2) is 24.0 Å². The topological polar surface area (TPSA) is 56.0 Å². The Kier molecular flexibility index (Phi) is 6.80. The number of nitrogens with two attached hydrogens (primary N) is 1. The van der Waals surface area contributed by atoms with E-state index in [0.29, 0.717) is 9.90 Å². The molecule has 8 heteroatoms. The fourth-order valence-corrected chi connectivity index (χ4v) is 2.11. The lowest BCUT2D eigenvalue weighted by Crippen LogP contribution is -2.14. The number of alkyl halides is 3. The summed E-state index contributed by atoms with van der Waals surface area (Å²) >= 11 is 7.33. The van der Waals surface area contributed by atoms with Crippen LogP contribution in [0.3, 0.4) is 0 Å². The number of carbonyl (C=O) groups excluding carboxylic acids is 1. The van der Waals surface area contributed by atoms with Gasteiger partial charge in [0, 0.05) is 17.7 Å². The van der Waals surface area contributed by atoms with Gasteiger partial charge in [-0.15, -0.1) is 11.3 Å². The molecule has 0 radical (unpaired) electrons. The number of aromatic nitrogens is 1. The molecule has 0 amide bonds. The molecular weight excluding hydrogens is 325 g/mol. The lowest BCUT2D eigenvalue weighted by atomic mass is 10.1. The van der Waals surface area contributed by atoms with E-state index in [1.807, 2.05) is 12.1 Å². The van der Waals surface area contributed by atoms with Gasteiger partial charge in [-0.3, -0.25) is 4.79 Å². The van der Waals surface area contributed by atoms with Crippen LogP contribution < -0.4 is 5.73 Å². The van der Waals surface area contributed by atoms with Gasteiger partial charge in [-0.2, -0.15) is 13.2 Å². The first-order chi connectivity index (χ1) is 9.87. The zero-order valence-electron chi connectivity index (χ0n) is 10.7. The molecule has 0 saturated carbocycles. The standard InChI is InChI=1S/C10H6ClNOS.C3H6F3N/c11-10-9(12-6-14-10)8-3-1-7(5-13)2-4-8;4-3(5,6)1-2-7/h1-6H;1-2,7H2. The van der Waals surface area contributed by atoms with Crippen molar-refractivity contribution in [3.63, 3.8) is 0 Å². The summed E-state index contributed by atoms with van der Waals surface area (Å²) in [6.45, 7) is -0.316. The van der Waals surface area contributed by atoms with Crippen molar-refractivity contribution in [3.8, 4) is 11.3 Å². The largest absolute Gasteiger partial charge is 0.390 e. The molecular formula is C13H12ClF3N2OS. The summed E-state index contributed by atoms with van der Waals surface area (Å²) in [6, 6.07) is 7.17. The number of benzene rings is 1. The van der Waals surface area contributed by atoms with Crippen molar-refractivity contribution >= 4 is 29.2 Å². The number of aldehydes is 1. The van der Waals surface area contributed by atoms with Crippen molar-refractivity contribution < 1.29 is 18.0 Å². The van der Waals surface area contributed by atoms with Gasteiger partial charge in [0.25, 0.3) is 0 Å². The first-order valence-electron chi connectivity index (χ1n) is 5.79. The van der Waals surface area contributed by atoms with Gasteiger partial charge < -0.3 is 5.73 Å². The first kappa shape index (κ1) is 17.6. The Hall–Kier alpha value is -1.44. The maximum atomic E-state index is 11.0. The highest BCUT2D eigenvalue weighted by Gasteiger charge is 2.24. The number of nitrogens with zero attached hydrogens (tertiary/aromatic N) is 1. The Labute approximate surface area is 128 Å². The fraction of sp³-hybridized carbons (Fsp3) is 0.231. The molecule has 0 fully saturated rings. The average molecular weight is 337 g/mol. The van der Waals surface area contributed by atoms with E-state index in [1.165, 1.54) is 11.3 Å². The molecule has 1 aromatic carbocycles. The third-order valence-electron chi connectivity index (χ3n) is 2.27. The number of rotatable bonds is 3. The second kappa shape index (κ2) is 8.11. The molecule has 2 aromatic rings. The van der Waals surface area contributed by atoms with Crippen LogP contribution in [0.4, 0.5) is 13.2 Å². The first-order valence-corrected chi connectivity index (χ1v) is 7.04. The lowest BCUT2D eigenvalue weighted by molar-refractivity contribution is -0.132. The van der Waals surface area contributed by atoms with Crippen LogP contribution in [0.2, 0.25) is 4.34 Å². The van der Waals surface area contributed by atoms with E-state index in [1.54, 1.807) is 17.6 Å². The number of hydrogen-bond donors (Lipinski definition) is 1. The van der Waals surface area contributed by atoms with Gasteiger partial charge in [-0.05, 0) is 0 Å². The van der Waals surface area contributed by atoms with Crippen LogP contribution in [0.5, 0.6) is 0 Å². The minimum atomic E-state index is -4.07. The summed E-state index contributed by atoms with van der Waals surface area (Å²) in [4.78, 5) is 14.6. The minimum absolute atomic E-state index is 0.316. The molecule has 2 rings (SSSR count). The minimum Gasteiger partial charge on any atom is -0.330 e. The summed E-state index contributed by atoms with van der Waals surface area (Å²) < 4.78 is 33.6. The number of hydrogen-bond acceptors (Lipinski definition) is 4. The molecule has 2 N–H and O–H groups in total. The average Bonchev–Trinajstić information content (AvgIpc) is 2.84. The van der Waals surface area contributed by atoms with E-state index in [-0.39, 0.29) is 6.54 Å². The molecule has 0 aliphatic heterocycles. The van der Waals surface area contributed by atoms with Crippen molar-refractivity contribution in [2.24, 2.45) is 5.73 Å². The Morgan fingerprint density at radius 3 is 2.24 bits per heavy atom. The summed E-state index contributed by atoms with van der Waals surface area (Å²) in [5, 5.41) is 0. The second-order valence-corrected chi connectivity index (χ2v) is 5.33. The van der Waals surface area contributed by atoms with Crippen molar-refractivity contribution in [1.82, 2.24) is 4.98 Å². The van der Waals surface area contributed by atoms with Gasteiger partial charge in [0.15, 0.2) is 0 Å². The third kappa shape index (κ3) is 6.24. The van der Waals surface area contributed by atoms with Crippen LogP contribution in [-0.2, 0) is 0 Å². The van der Waals surface area contributed by atoms with E-state index in [9.17, 15) is 18.0 Å². The van der Waals surface area contributed by atoms with Crippen molar-refractivity contribution in [2.75, 3.05) is 6.54 Å². The van der Waals surface area contributed by atoms with Gasteiger partial charge in [0.1, 0.15) is 10.6 Å². The zero-order chi connectivity index (χ0) is 15.9. The van der Waals surface area contributed by atoms with Crippen molar-refractivity contribution in [2.45, 2.75) is 12.6 Å². The summed E-state index contributed by atoms with van der Waals surface area (Å²) in [7, 11) is 0. The molecule has 3 nitrogen and oxygen atoms in total. The molecule has 0 bridgehead atoms. The molecule has 0 atom stereocenters. The molecule has 1 aromatic heterocycles. The third-order valence-corrected chi connectivity index (χ3v) is 3.33. The summed E-state index contributed by atoms with van der Waals surface area (Å²) in [5.41, 5.74) is 8.65. The van der Waals surface area contributed by atoms with Gasteiger partial charge in [0.2, 0.25) is 0 Å². The highest BCUT2D eigenvalue weighted by atomic mass is 35.5. The van der Waals surface area contributed by atoms with E-state index in [4.69, 9.17) is 11.6 Å². The SMILES string of the molecule is NCCC(F)(F)F.O=Cc1ccc(-c2ncsc2Cl)cc1. The van der Waals surface area contributed by atoms with E-state index in [0.717, 1.165) is 17.5 Å². The summed E-state index contributed by atoms with van der Waals surface area (Å²) in [6.07, 6.45) is -4.14. The van der Waals surface area contributed by atoms with E-state index in [2.05, 4.69) is 10.7 Å². The monoisotopic (exact) mass is 336 g/mol. The quantitative estimate of drug-likeness (QED) is 0.856. The van der Waals surface area contributed by atoms with Crippen LogP contribution in [0, 0.1) is 0 Å². The molecule has 0 unspecified atom stereocenters.